The van der Waals surface area contributed by atoms with Gasteiger partial charge in [0.2, 0.25) is 0 Å². The highest BCUT2D eigenvalue weighted by atomic mass is 19.1. The SMILES string of the molecule is COC(=O)C1(F)CC(C)CCC1=O. The number of hydrogen-bond donors (Lipinski definition) is 0. The van der Waals surface area contributed by atoms with E-state index in [4.69, 9.17) is 0 Å². The van der Waals surface area contributed by atoms with Crippen molar-refractivity contribution < 1.29 is 18.7 Å². The van der Waals surface area contributed by atoms with Crippen LogP contribution in [0.2, 0.25) is 0 Å². The van der Waals surface area contributed by atoms with Gasteiger partial charge in [0, 0.05) is 12.8 Å². The van der Waals surface area contributed by atoms with Crippen molar-refractivity contribution in [3.63, 3.8) is 0 Å². The van der Waals surface area contributed by atoms with Crippen LogP contribution in [0.3, 0.4) is 0 Å². The van der Waals surface area contributed by atoms with E-state index >= 15 is 0 Å². The number of alkyl halides is 1. The average Bonchev–Trinajstić information content (AvgIpc) is 2.10. The molecule has 2 unspecified atom stereocenters. The molecule has 0 N–H and O–H groups in total. The number of carbonyl (C=O) groups is 2. The number of hydrogen-bond acceptors (Lipinski definition) is 3. The van der Waals surface area contributed by atoms with E-state index in [1.54, 1.807) is 0 Å². The number of Topliss-reactive ketones (excluding diaryl/α,β-unsaturated/α-hetero) is 1. The lowest BCUT2D eigenvalue weighted by atomic mass is 9.79. The molecule has 1 aliphatic rings. The maximum absolute atomic E-state index is 13.8. The van der Waals surface area contributed by atoms with Gasteiger partial charge in [-0.25, -0.2) is 9.18 Å². The minimum Gasteiger partial charge on any atom is -0.466 e. The molecule has 1 aliphatic carbocycles. The third kappa shape index (κ3) is 1.71. The van der Waals surface area contributed by atoms with Crippen LogP contribution in [-0.4, -0.2) is 24.5 Å². The first-order valence-electron chi connectivity index (χ1n) is 4.31. The van der Waals surface area contributed by atoms with E-state index in [2.05, 4.69) is 4.74 Å². The van der Waals surface area contributed by atoms with Crippen LogP contribution >= 0.6 is 0 Å². The summed E-state index contributed by atoms with van der Waals surface area (Å²) in [5.74, 6) is -1.64. The van der Waals surface area contributed by atoms with E-state index < -0.39 is 17.4 Å². The largest absolute Gasteiger partial charge is 0.466 e. The molecule has 1 saturated carbocycles. The van der Waals surface area contributed by atoms with E-state index in [0.29, 0.717) is 6.42 Å². The third-order valence-electron chi connectivity index (χ3n) is 2.44. The van der Waals surface area contributed by atoms with Crippen molar-refractivity contribution in [2.75, 3.05) is 7.11 Å². The van der Waals surface area contributed by atoms with Crippen molar-refractivity contribution in [2.45, 2.75) is 31.9 Å². The van der Waals surface area contributed by atoms with Gasteiger partial charge in [-0.1, -0.05) is 6.92 Å². The van der Waals surface area contributed by atoms with Crippen LogP contribution in [0, 0.1) is 5.92 Å². The fourth-order valence-corrected chi connectivity index (χ4v) is 1.63. The molecule has 3 nitrogen and oxygen atoms in total. The van der Waals surface area contributed by atoms with E-state index in [1.807, 2.05) is 6.92 Å². The van der Waals surface area contributed by atoms with Crippen molar-refractivity contribution in [1.82, 2.24) is 0 Å². The van der Waals surface area contributed by atoms with E-state index in [9.17, 15) is 14.0 Å². The summed E-state index contributed by atoms with van der Waals surface area (Å²) in [5, 5.41) is 0. The monoisotopic (exact) mass is 188 g/mol. The van der Waals surface area contributed by atoms with Crippen molar-refractivity contribution in [3.05, 3.63) is 0 Å². The molecule has 0 aliphatic heterocycles. The Morgan fingerprint density at radius 3 is 2.85 bits per heavy atom. The number of ether oxygens (including phenoxy) is 1. The predicted octanol–water partition coefficient (Wildman–Crippen LogP) is 1.26. The molecule has 0 aromatic carbocycles. The number of halogens is 1. The lowest BCUT2D eigenvalue weighted by Gasteiger charge is -2.29. The second kappa shape index (κ2) is 3.44. The normalized spacial score (nSPS) is 34.4. The third-order valence-corrected chi connectivity index (χ3v) is 2.44. The summed E-state index contributed by atoms with van der Waals surface area (Å²) in [6.45, 7) is 1.82. The van der Waals surface area contributed by atoms with Gasteiger partial charge in [0.15, 0.2) is 5.78 Å². The molecule has 0 aromatic heterocycles. The van der Waals surface area contributed by atoms with Crippen LogP contribution < -0.4 is 0 Å². The second-order valence-corrected chi connectivity index (χ2v) is 3.56. The Bertz CT molecular complexity index is 229. The fraction of sp³-hybridized carbons (Fsp3) is 0.778. The molecule has 13 heavy (non-hydrogen) atoms. The van der Waals surface area contributed by atoms with Crippen LogP contribution in [0.25, 0.3) is 0 Å². The summed E-state index contributed by atoms with van der Waals surface area (Å²) in [6, 6.07) is 0. The van der Waals surface area contributed by atoms with Gasteiger partial charge in [-0.05, 0) is 12.3 Å². The molecular weight excluding hydrogens is 175 g/mol. The number of ketones is 1. The maximum atomic E-state index is 13.8. The molecule has 0 aromatic rings. The summed E-state index contributed by atoms with van der Waals surface area (Å²) in [4.78, 5) is 22.2. The molecule has 0 amide bonds. The van der Waals surface area contributed by atoms with Gasteiger partial charge in [-0.15, -0.1) is 0 Å². The van der Waals surface area contributed by atoms with Gasteiger partial charge in [0.25, 0.3) is 5.67 Å². The molecule has 1 fully saturated rings. The molecular formula is C9H13FO3. The van der Waals surface area contributed by atoms with Crippen LogP contribution in [0.4, 0.5) is 4.39 Å². The molecule has 74 valence electrons. The summed E-state index contributed by atoms with van der Waals surface area (Å²) in [6.07, 6.45) is 0.743. The molecule has 0 saturated heterocycles. The Labute approximate surface area is 76.3 Å². The van der Waals surface area contributed by atoms with Crippen molar-refractivity contribution >= 4 is 11.8 Å². The first kappa shape index (κ1) is 10.2. The van der Waals surface area contributed by atoms with E-state index in [1.165, 1.54) is 0 Å². The number of carbonyl (C=O) groups excluding carboxylic acids is 2. The lowest BCUT2D eigenvalue weighted by molar-refractivity contribution is -0.163. The van der Waals surface area contributed by atoms with Crippen LogP contribution in [-0.2, 0) is 14.3 Å². The first-order valence-corrected chi connectivity index (χ1v) is 4.31. The maximum Gasteiger partial charge on any atom is 0.351 e. The predicted molar refractivity (Wildman–Crippen MR) is 43.9 cm³/mol. The number of rotatable bonds is 1. The molecule has 4 heteroatoms. The average molecular weight is 188 g/mol. The molecule has 0 radical (unpaired) electrons. The highest BCUT2D eigenvalue weighted by Crippen LogP contribution is 2.33. The Kier molecular flexibility index (Phi) is 2.68. The van der Waals surface area contributed by atoms with Gasteiger partial charge >= 0.3 is 5.97 Å². The Hall–Kier alpha value is -0.930. The van der Waals surface area contributed by atoms with Crippen LogP contribution in [0.15, 0.2) is 0 Å². The van der Waals surface area contributed by atoms with Gasteiger partial charge < -0.3 is 4.74 Å². The van der Waals surface area contributed by atoms with E-state index in [-0.39, 0.29) is 18.8 Å². The Morgan fingerprint density at radius 2 is 2.31 bits per heavy atom. The van der Waals surface area contributed by atoms with E-state index in [0.717, 1.165) is 7.11 Å². The molecule has 0 bridgehead atoms. The first-order chi connectivity index (χ1) is 6.00. The van der Waals surface area contributed by atoms with Gasteiger partial charge in [0.1, 0.15) is 0 Å². The van der Waals surface area contributed by atoms with Gasteiger partial charge in [-0.3, -0.25) is 4.79 Å². The van der Waals surface area contributed by atoms with Crippen molar-refractivity contribution in [2.24, 2.45) is 5.92 Å². The highest BCUT2D eigenvalue weighted by molar-refractivity contribution is 6.07. The molecule has 2 atom stereocenters. The molecule has 0 spiro atoms. The molecule has 0 heterocycles. The molecule has 1 rings (SSSR count). The summed E-state index contributed by atoms with van der Waals surface area (Å²) in [7, 11) is 1.09. The highest BCUT2D eigenvalue weighted by Gasteiger charge is 2.50. The standard InChI is InChI=1S/C9H13FO3/c1-6-3-4-7(11)9(10,5-6)8(12)13-2/h6H,3-5H2,1-2H3. The van der Waals surface area contributed by atoms with Gasteiger partial charge in [-0.2, -0.15) is 0 Å². The number of methoxy groups -OCH3 is 1. The minimum atomic E-state index is -2.38. The van der Waals surface area contributed by atoms with Gasteiger partial charge in [0.05, 0.1) is 7.11 Å². The zero-order valence-electron chi connectivity index (χ0n) is 7.80. The fourth-order valence-electron chi connectivity index (χ4n) is 1.63. The minimum absolute atomic E-state index is 0.0431. The lowest BCUT2D eigenvalue weighted by Crippen LogP contribution is -2.47. The van der Waals surface area contributed by atoms with Crippen molar-refractivity contribution in [3.8, 4) is 0 Å². The van der Waals surface area contributed by atoms with Crippen LogP contribution in [0.5, 0.6) is 0 Å². The van der Waals surface area contributed by atoms with Crippen LogP contribution in [0.1, 0.15) is 26.2 Å². The zero-order chi connectivity index (χ0) is 10.1. The quantitative estimate of drug-likeness (QED) is 0.459. The number of esters is 1. The zero-order valence-corrected chi connectivity index (χ0v) is 7.80. The Balaban J connectivity index is 2.84. The van der Waals surface area contributed by atoms with Crippen molar-refractivity contribution in [1.29, 1.82) is 0 Å². The summed E-state index contributed by atoms with van der Waals surface area (Å²) >= 11 is 0. The summed E-state index contributed by atoms with van der Waals surface area (Å²) < 4.78 is 18.1. The Morgan fingerprint density at radius 1 is 1.69 bits per heavy atom. The smallest absolute Gasteiger partial charge is 0.351 e. The summed E-state index contributed by atoms with van der Waals surface area (Å²) in [5.41, 5.74) is -2.38. The topological polar surface area (TPSA) is 43.4 Å². The second-order valence-electron chi connectivity index (χ2n) is 3.56.